The van der Waals surface area contributed by atoms with Crippen LogP contribution in [0.25, 0.3) is 27.5 Å². The fourth-order valence-electron chi connectivity index (χ4n) is 8.04. The van der Waals surface area contributed by atoms with Crippen LogP contribution in [0.3, 0.4) is 0 Å². The van der Waals surface area contributed by atoms with Crippen LogP contribution >= 0.6 is 0 Å². The van der Waals surface area contributed by atoms with Crippen molar-refractivity contribution in [1.29, 1.82) is 0 Å². The summed E-state index contributed by atoms with van der Waals surface area (Å²) in [5.74, 6) is -5.56. The molecule has 0 bridgehead atoms. The summed E-state index contributed by atoms with van der Waals surface area (Å²) < 4.78 is 58.6. The van der Waals surface area contributed by atoms with E-state index in [-0.39, 0.29) is 65.3 Å². The molecular weight excluding hydrogens is 778 g/mol. The highest BCUT2D eigenvalue weighted by Gasteiger charge is 2.41. The van der Waals surface area contributed by atoms with Crippen molar-refractivity contribution in [3.05, 3.63) is 134 Å². The summed E-state index contributed by atoms with van der Waals surface area (Å²) >= 11 is 0. The molecule has 1 fully saturated rings. The average Bonchev–Trinajstić information content (AvgIpc) is 3.71. The van der Waals surface area contributed by atoms with Crippen LogP contribution < -0.4 is 26.2 Å². The molecule has 1 aliphatic heterocycles. The van der Waals surface area contributed by atoms with Crippen molar-refractivity contribution < 1.29 is 32.2 Å². The predicted molar refractivity (Wildman–Crippen MR) is 222 cm³/mol. The number of alkyl halides is 2. The number of carbonyl (C=O) groups is 2. The first-order valence-corrected chi connectivity index (χ1v) is 19.9. The number of aromatic nitrogens is 4. The summed E-state index contributed by atoms with van der Waals surface area (Å²) in [6.07, 6.45) is 6.98. The quantitative estimate of drug-likeness (QED) is 0.130. The Morgan fingerprint density at radius 2 is 1.80 bits per heavy atom. The van der Waals surface area contributed by atoms with Crippen LogP contribution in [0.15, 0.2) is 88.8 Å². The zero-order valence-corrected chi connectivity index (χ0v) is 33.9. The van der Waals surface area contributed by atoms with E-state index in [9.17, 15) is 28.0 Å². The number of morpholine rings is 1. The normalized spacial score (nSPS) is 15.6. The van der Waals surface area contributed by atoms with Gasteiger partial charge in [0.1, 0.15) is 23.7 Å². The fourth-order valence-corrected chi connectivity index (χ4v) is 8.04. The lowest BCUT2D eigenvalue weighted by molar-refractivity contribution is -0.136. The van der Waals surface area contributed by atoms with E-state index in [0.29, 0.717) is 16.5 Å². The van der Waals surface area contributed by atoms with Gasteiger partial charge in [-0.05, 0) is 90.9 Å². The number of esters is 1. The largest absolute Gasteiger partial charge is 0.425 e. The number of halogens is 3. The van der Waals surface area contributed by atoms with Gasteiger partial charge in [0.15, 0.2) is 0 Å². The molecular formula is C45H45F3N6O6. The smallest absolute Gasteiger partial charge is 0.335 e. The Kier molecular flexibility index (Phi) is 11.9. The number of benzene rings is 3. The standard InChI is InChI=1S/C43H39F3N6O6.C2H6/c1-24-18-28(51-16-17-57-23-36(51)43(2,45)46)21-32(44)37(24)39(53)49-33(41(55)58-29-11-9-25-6-4-7-26(25)19-29)20-27-10-12-34(38-30(27)8-5-14-48-38)52-40(54)31-13-15-47-22-35(31)50(3)42(52)56;1-2/h5,8-15,18-19,21-22,33,36H,4,6-7,16-17,20,23H2,1-3H3,(H,49,53);1-2H3/t33?,36-;/m1./s1. The van der Waals surface area contributed by atoms with Crippen LogP contribution in [0, 0.1) is 12.7 Å². The molecule has 1 saturated heterocycles. The van der Waals surface area contributed by atoms with Crippen molar-refractivity contribution in [3.63, 3.8) is 0 Å². The van der Waals surface area contributed by atoms with Crippen LogP contribution in [0.4, 0.5) is 18.9 Å². The molecule has 4 heterocycles. The maximum absolute atomic E-state index is 16.0. The van der Waals surface area contributed by atoms with Crippen LogP contribution in [0.5, 0.6) is 5.75 Å². The highest BCUT2D eigenvalue weighted by Crippen LogP contribution is 2.33. The zero-order chi connectivity index (χ0) is 42.9. The molecule has 0 spiro atoms. The predicted octanol–water partition coefficient (Wildman–Crippen LogP) is 6.40. The highest BCUT2D eigenvalue weighted by molar-refractivity contribution is 5.99. The molecule has 3 aromatic heterocycles. The molecule has 60 heavy (non-hydrogen) atoms. The zero-order valence-electron chi connectivity index (χ0n) is 33.9. The van der Waals surface area contributed by atoms with Gasteiger partial charge >= 0.3 is 11.7 Å². The number of ether oxygens (including phenoxy) is 2. The van der Waals surface area contributed by atoms with Crippen molar-refractivity contribution in [1.82, 2.24) is 24.4 Å². The number of nitrogens with zero attached hydrogens (tertiary/aromatic N) is 5. The van der Waals surface area contributed by atoms with Crippen LogP contribution in [0.1, 0.15) is 59.8 Å². The first-order chi connectivity index (χ1) is 28.8. The second-order valence-electron chi connectivity index (χ2n) is 14.8. The van der Waals surface area contributed by atoms with Gasteiger partial charge in [-0.3, -0.25) is 24.1 Å². The van der Waals surface area contributed by atoms with Crippen molar-refractivity contribution >= 4 is 39.4 Å². The molecule has 2 aliphatic rings. The lowest BCUT2D eigenvalue weighted by Gasteiger charge is -2.40. The SMILES string of the molecule is CC.Cc1cc(N2CCOC[C@@H]2C(C)(F)F)cc(F)c1C(=O)NC(Cc1ccc(-n2c(=O)c3ccncc3n(C)c2=O)c2ncccc12)C(=O)Oc1ccc2c(c1)CCC2. The molecule has 3 aromatic carbocycles. The number of fused-ring (bicyclic) bond motifs is 3. The van der Waals surface area contributed by atoms with Crippen molar-refractivity contribution in [2.45, 2.75) is 71.4 Å². The number of aryl methyl sites for hydroxylation is 4. The maximum atomic E-state index is 16.0. The topological polar surface area (TPSA) is 138 Å². The number of amides is 1. The Bertz CT molecular complexity index is 2720. The van der Waals surface area contributed by atoms with Gasteiger partial charge in [-0.25, -0.2) is 27.3 Å². The molecule has 1 N–H and O–H groups in total. The van der Waals surface area contributed by atoms with Gasteiger partial charge in [0, 0.05) is 50.4 Å². The Balaban J connectivity index is 0.00000268. The lowest BCUT2D eigenvalue weighted by Crippen LogP contribution is -2.54. The number of carbonyl (C=O) groups excluding carboxylic acids is 2. The van der Waals surface area contributed by atoms with Crippen molar-refractivity contribution in [3.8, 4) is 11.4 Å². The maximum Gasteiger partial charge on any atom is 0.335 e. The van der Waals surface area contributed by atoms with Crippen LogP contribution in [-0.2, 0) is 35.8 Å². The van der Waals surface area contributed by atoms with Gasteiger partial charge in [0.05, 0.1) is 47.1 Å². The molecule has 2 atom stereocenters. The summed E-state index contributed by atoms with van der Waals surface area (Å²) in [6, 6.07) is 13.3. The molecule has 8 rings (SSSR count). The van der Waals surface area contributed by atoms with E-state index in [1.807, 2.05) is 19.9 Å². The number of rotatable bonds is 9. The van der Waals surface area contributed by atoms with E-state index in [0.717, 1.165) is 42.4 Å². The fraction of sp³-hybridized carbons (Fsp3) is 0.333. The van der Waals surface area contributed by atoms with Crippen LogP contribution in [0.2, 0.25) is 0 Å². The van der Waals surface area contributed by atoms with Gasteiger partial charge in [-0.15, -0.1) is 0 Å². The van der Waals surface area contributed by atoms with E-state index in [1.165, 1.54) is 59.7 Å². The molecule has 1 amide bonds. The third-order valence-electron chi connectivity index (χ3n) is 11.0. The Hall–Kier alpha value is -6.35. The monoisotopic (exact) mass is 822 g/mol. The van der Waals surface area contributed by atoms with Gasteiger partial charge in [0.2, 0.25) is 0 Å². The van der Waals surface area contributed by atoms with Crippen LogP contribution in [-0.4, -0.2) is 68.7 Å². The van der Waals surface area contributed by atoms with Crippen molar-refractivity contribution in [2.24, 2.45) is 7.05 Å². The molecule has 0 radical (unpaired) electrons. The lowest BCUT2D eigenvalue weighted by atomic mass is 9.98. The van der Waals surface area contributed by atoms with Gasteiger partial charge in [0.25, 0.3) is 17.4 Å². The number of hydrogen-bond donors (Lipinski definition) is 1. The van der Waals surface area contributed by atoms with E-state index in [2.05, 4.69) is 15.3 Å². The average molecular weight is 823 g/mol. The third kappa shape index (κ3) is 8.01. The molecule has 1 aliphatic carbocycles. The molecule has 1 unspecified atom stereocenters. The number of nitrogens with one attached hydrogen (secondary N) is 1. The summed E-state index contributed by atoms with van der Waals surface area (Å²) in [7, 11) is 1.53. The Labute approximate surface area is 343 Å². The molecule has 0 saturated carbocycles. The summed E-state index contributed by atoms with van der Waals surface area (Å²) in [5, 5.41) is 3.43. The minimum Gasteiger partial charge on any atom is -0.425 e. The summed E-state index contributed by atoms with van der Waals surface area (Å²) in [4.78, 5) is 65.4. The second kappa shape index (κ2) is 17.1. The van der Waals surface area contributed by atoms with Gasteiger partial charge in [-0.1, -0.05) is 32.0 Å². The third-order valence-corrected chi connectivity index (χ3v) is 11.0. The molecule has 15 heteroatoms. The number of anilines is 1. The summed E-state index contributed by atoms with van der Waals surface area (Å²) in [6.45, 7) is 6.28. The van der Waals surface area contributed by atoms with Crippen molar-refractivity contribution in [2.75, 3.05) is 24.7 Å². The molecule has 12 nitrogen and oxygen atoms in total. The van der Waals surface area contributed by atoms with E-state index in [1.54, 1.807) is 36.4 Å². The molecule has 312 valence electrons. The van der Waals surface area contributed by atoms with Gasteiger partial charge in [-0.2, -0.15) is 0 Å². The minimum absolute atomic E-state index is 0.0955. The first-order valence-electron chi connectivity index (χ1n) is 19.9. The highest BCUT2D eigenvalue weighted by atomic mass is 19.3. The van der Waals surface area contributed by atoms with Gasteiger partial charge < -0.3 is 19.7 Å². The number of pyridine rings is 2. The summed E-state index contributed by atoms with van der Waals surface area (Å²) in [5.41, 5.74) is 2.35. The van der Waals surface area contributed by atoms with E-state index < -0.39 is 46.9 Å². The number of hydrogen-bond acceptors (Lipinski definition) is 9. The van der Waals surface area contributed by atoms with E-state index >= 15 is 4.39 Å². The Morgan fingerprint density at radius 1 is 1.02 bits per heavy atom. The van der Waals surface area contributed by atoms with E-state index in [4.69, 9.17) is 9.47 Å². The Morgan fingerprint density at radius 3 is 2.57 bits per heavy atom. The first kappa shape index (κ1) is 41.8. The molecule has 6 aromatic rings. The minimum atomic E-state index is -3.15. The second-order valence-corrected chi connectivity index (χ2v) is 14.8.